The third kappa shape index (κ3) is 3.69. The summed E-state index contributed by atoms with van der Waals surface area (Å²) in [6.07, 6.45) is 0. The minimum Gasteiger partial charge on any atom is -0.478 e. The smallest absolute Gasteiger partial charge is 0.334 e. The Kier molecular flexibility index (Phi) is 5.68. The quantitative estimate of drug-likeness (QED) is 0.578. The highest BCUT2D eigenvalue weighted by atomic mass is 16.6. The van der Waals surface area contributed by atoms with E-state index in [1.807, 2.05) is 13.8 Å². The average Bonchev–Trinajstić information content (AvgIpc) is 2.57. The molecule has 1 heterocycles. The molecule has 1 aromatic rings. The summed E-state index contributed by atoms with van der Waals surface area (Å²) in [5, 5.41) is 31.1. The SMILES string of the molecule is CC1=C(C(=O)O)C(c2ccccc2[N+](=O)[O-])C(C(=O)O)=C(C)N1CC(C)C. The van der Waals surface area contributed by atoms with Crippen molar-refractivity contribution in [2.24, 2.45) is 5.92 Å². The summed E-state index contributed by atoms with van der Waals surface area (Å²) < 4.78 is 0. The zero-order valence-corrected chi connectivity index (χ0v) is 15.6. The van der Waals surface area contributed by atoms with E-state index < -0.39 is 22.8 Å². The molecule has 1 aliphatic rings. The van der Waals surface area contributed by atoms with Crippen LogP contribution in [0.25, 0.3) is 0 Å². The molecule has 0 amide bonds. The molecule has 0 radical (unpaired) electrons. The van der Waals surface area contributed by atoms with Gasteiger partial charge in [0.25, 0.3) is 5.69 Å². The van der Waals surface area contributed by atoms with Crippen LogP contribution in [0.3, 0.4) is 0 Å². The number of nitrogens with zero attached hydrogens (tertiary/aromatic N) is 2. The van der Waals surface area contributed by atoms with Crippen LogP contribution in [0, 0.1) is 16.0 Å². The molecular weight excluding hydrogens is 352 g/mol. The van der Waals surface area contributed by atoms with Gasteiger partial charge in [-0.1, -0.05) is 32.0 Å². The first-order valence-corrected chi connectivity index (χ1v) is 8.46. The van der Waals surface area contributed by atoms with Gasteiger partial charge in [-0.15, -0.1) is 0 Å². The number of carboxylic acids is 2. The summed E-state index contributed by atoms with van der Waals surface area (Å²) in [4.78, 5) is 36.6. The van der Waals surface area contributed by atoms with E-state index in [2.05, 4.69) is 0 Å². The normalized spacial score (nSPS) is 15.5. The van der Waals surface area contributed by atoms with Crippen molar-refractivity contribution in [2.75, 3.05) is 6.54 Å². The summed E-state index contributed by atoms with van der Waals surface area (Å²) in [7, 11) is 0. The maximum absolute atomic E-state index is 12.1. The number of hydrogen-bond donors (Lipinski definition) is 2. The highest BCUT2D eigenvalue weighted by molar-refractivity contribution is 5.98. The fourth-order valence-corrected chi connectivity index (χ4v) is 3.51. The van der Waals surface area contributed by atoms with Crippen molar-refractivity contribution in [3.63, 3.8) is 0 Å². The first-order chi connectivity index (χ1) is 12.6. The molecule has 2 N–H and O–H groups in total. The molecule has 2 rings (SSSR count). The summed E-state index contributed by atoms with van der Waals surface area (Å²) >= 11 is 0. The molecule has 8 nitrogen and oxygen atoms in total. The van der Waals surface area contributed by atoms with Gasteiger partial charge in [0, 0.05) is 29.6 Å². The van der Waals surface area contributed by atoms with Crippen LogP contribution in [0.4, 0.5) is 5.69 Å². The Morgan fingerprint density at radius 1 is 1.11 bits per heavy atom. The van der Waals surface area contributed by atoms with Gasteiger partial charge < -0.3 is 15.1 Å². The van der Waals surface area contributed by atoms with Crippen molar-refractivity contribution in [1.29, 1.82) is 0 Å². The number of allylic oxidation sites excluding steroid dienone is 2. The zero-order chi connectivity index (χ0) is 20.5. The maximum atomic E-state index is 12.1. The van der Waals surface area contributed by atoms with Gasteiger partial charge in [-0.2, -0.15) is 0 Å². The minimum absolute atomic E-state index is 0.0557. The van der Waals surface area contributed by atoms with E-state index in [0.29, 0.717) is 17.9 Å². The lowest BCUT2D eigenvalue weighted by Crippen LogP contribution is -2.36. The predicted octanol–water partition coefficient (Wildman–Crippen LogP) is 3.37. The van der Waals surface area contributed by atoms with Crippen molar-refractivity contribution in [3.8, 4) is 0 Å². The molecule has 1 aromatic carbocycles. The van der Waals surface area contributed by atoms with Crippen LogP contribution in [0.2, 0.25) is 0 Å². The molecule has 0 bridgehead atoms. The lowest BCUT2D eigenvalue weighted by atomic mass is 9.79. The first kappa shape index (κ1) is 20.2. The van der Waals surface area contributed by atoms with Crippen LogP contribution >= 0.6 is 0 Å². The van der Waals surface area contributed by atoms with Gasteiger partial charge in [0.15, 0.2) is 0 Å². The lowest BCUT2D eigenvalue weighted by Gasteiger charge is -2.37. The number of aliphatic carboxylic acids is 2. The Hall–Kier alpha value is -3.16. The fraction of sp³-hybridized carbons (Fsp3) is 0.368. The molecular formula is C19H22N2O6. The first-order valence-electron chi connectivity index (χ1n) is 8.46. The van der Waals surface area contributed by atoms with Gasteiger partial charge in [0.2, 0.25) is 0 Å². The summed E-state index contributed by atoms with van der Waals surface area (Å²) in [6, 6.07) is 5.66. The van der Waals surface area contributed by atoms with E-state index in [4.69, 9.17) is 0 Å². The molecule has 0 spiro atoms. The molecule has 144 valence electrons. The largest absolute Gasteiger partial charge is 0.478 e. The van der Waals surface area contributed by atoms with Crippen LogP contribution in [0.15, 0.2) is 46.8 Å². The van der Waals surface area contributed by atoms with Crippen LogP contribution in [-0.4, -0.2) is 38.5 Å². The number of carbonyl (C=O) groups is 2. The van der Waals surface area contributed by atoms with Crippen LogP contribution in [0.1, 0.15) is 39.2 Å². The third-order valence-electron chi connectivity index (χ3n) is 4.62. The molecule has 0 aliphatic carbocycles. The van der Waals surface area contributed by atoms with Crippen molar-refractivity contribution in [2.45, 2.75) is 33.6 Å². The number of nitro benzene ring substituents is 1. The highest BCUT2D eigenvalue weighted by Gasteiger charge is 2.41. The van der Waals surface area contributed by atoms with Gasteiger partial charge in [-0.3, -0.25) is 10.1 Å². The number of hydrogen-bond acceptors (Lipinski definition) is 5. The van der Waals surface area contributed by atoms with E-state index in [1.54, 1.807) is 18.7 Å². The topological polar surface area (TPSA) is 121 Å². The number of nitro groups is 1. The second-order valence-electron chi connectivity index (χ2n) is 6.86. The van der Waals surface area contributed by atoms with Crippen LogP contribution < -0.4 is 0 Å². The highest BCUT2D eigenvalue weighted by Crippen LogP contribution is 2.44. The van der Waals surface area contributed by atoms with E-state index in [9.17, 15) is 29.9 Å². The second kappa shape index (κ2) is 7.61. The van der Waals surface area contributed by atoms with Gasteiger partial charge >= 0.3 is 11.9 Å². The maximum Gasteiger partial charge on any atom is 0.334 e. The Labute approximate surface area is 156 Å². The second-order valence-corrected chi connectivity index (χ2v) is 6.86. The Morgan fingerprint density at radius 3 is 2.00 bits per heavy atom. The van der Waals surface area contributed by atoms with Gasteiger partial charge in [0.05, 0.1) is 22.0 Å². The molecule has 8 heteroatoms. The number of rotatable bonds is 6. The van der Waals surface area contributed by atoms with E-state index in [0.717, 1.165) is 0 Å². The average molecular weight is 374 g/mol. The molecule has 27 heavy (non-hydrogen) atoms. The minimum atomic E-state index is -1.30. The molecule has 1 aliphatic heterocycles. The van der Waals surface area contributed by atoms with E-state index in [1.165, 1.54) is 24.3 Å². The lowest BCUT2D eigenvalue weighted by molar-refractivity contribution is -0.385. The summed E-state index contributed by atoms with van der Waals surface area (Å²) in [6.45, 7) is 7.53. The van der Waals surface area contributed by atoms with Crippen molar-refractivity contribution >= 4 is 17.6 Å². The molecule has 0 fully saturated rings. The third-order valence-corrected chi connectivity index (χ3v) is 4.62. The van der Waals surface area contributed by atoms with E-state index in [-0.39, 0.29) is 28.3 Å². The summed E-state index contributed by atoms with van der Waals surface area (Å²) in [5.41, 5.74) is 0.211. The van der Waals surface area contributed by atoms with Crippen LogP contribution in [0.5, 0.6) is 0 Å². The monoisotopic (exact) mass is 374 g/mol. The Bertz CT molecular complexity index is 831. The molecule has 0 unspecified atom stereocenters. The summed E-state index contributed by atoms with van der Waals surface area (Å²) in [5.74, 6) is -3.67. The predicted molar refractivity (Wildman–Crippen MR) is 98.1 cm³/mol. The van der Waals surface area contributed by atoms with Gasteiger partial charge in [-0.25, -0.2) is 9.59 Å². The van der Waals surface area contributed by atoms with Crippen LogP contribution in [-0.2, 0) is 9.59 Å². The molecule has 0 aromatic heterocycles. The molecule has 0 atom stereocenters. The number of carboxylic acid groups (broad SMARTS) is 2. The zero-order valence-electron chi connectivity index (χ0n) is 15.6. The standard InChI is InChI=1S/C19H22N2O6/c1-10(2)9-20-11(3)15(18(22)23)17(16(12(20)4)19(24)25)13-7-5-6-8-14(13)21(26)27/h5-8,10,17H,9H2,1-4H3,(H,22,23)(H,24,25). The van der Waals surface area contributed by atoms with Gasteiger partial charge in [0.1, 0.15) is 0 Å². The van der Waals surface area contributed by atoms with Gasteiger partial charge in [-0.05, 0) is 19.8 Å². The molecule has 0 saturated heterocycles. The number of benzene rings is 1. The number of para-hydroxylation sites is 1. The van der Waals surface area contributed by atoms with Crippen molar-refractivity contribution in [3.05, 3.63) is 62.5 Å². The Morgan fingerprint density at radius 2 is 1.59 bits per heavy atom. The van der Waals surface area contributed by atoms with Crippen molar-refractivity contribution in [1.82, 2.24) is 4.90 Å². The fourth-order valence-electron chi connectivity index (χ4n) is 3.51. The molecule has 0 saturated carbocycles. The Balaban J connectivity index is 2.85. The van der Waals surface area contributed by atoms with E-state index >= 15 is 0 Å². The van der Waals surface area contributed by atoms with Crippen molar-refractivity contribution < 1.29 is 24.7 Å².